The molecule has 1 fully saturated rings. The summed E-state index contributed by atoms with van der Waals surface area (Å²) >= 11 is 0. The Morgan fingerprint density at radius 1 is 0.975 bits per heavy atom. The number of anilines is 2. The van der Waals surface area contributed by atoms with Crippen LogP contribution in [0.4, 0.5) is 11.5 Å². The van der Waals surface area contributed by atoms with Crippen LogP contribution in [-0.4, -0.2) is 50.0 Å². The number of nitrogens with zero attached hydrogens (tertiary/aromatic N) is 5. The summed E-state index contributed by atoms with van der Waals surface area (Å²) in [4.78, 5) is 32.7. The summed E-state index contributed by atoms with van der Waals surface area (Å²) in [5.41, 5.74) is 21.8. The van der Waals surface area contributed by atoms with Crippen LogP contribution in [0.5, 0.6) is 0 Å². The van der Waals surface area contributed by atoms with Crippen molar-refractivity contribution in [1.29, 1.82) is 0 Å². The predicted octanol–water partition coefficient (Wildman–Crippen LogP) is 2.71. The molecule has 0 saturated heterocycles. The first-order valence-corrected chi connectivity index (χ1v) is 13.4. The Hall–Kier alpha value is -4.64. The van der Waals surface area contributed by atoms with E-state index in [9.17, 15) is 9.59 Å². The number of rotatable bonds is 9. The summed E-state index contributed by atoms with van der Waals surface area (Å²) < 4.78 is 0. The average Bonchev–Trinajstić information content (AvgIpc) is 3.53. The molecule has 0 bridgehead atoms. The number of benzene rings is 2. The van der Waals surface area contributed by atoms with E-state index < -0.39 is 11.9 Å². The van der Waals surface area contributed by atoms with Crippen LogP contribution in [0.1, 0.15) is 31.2 Å². The van der Waals surface area contributed by atoms with Crippen LogP contribution in [0.25, 0.3) is 22.5 Å². The number of tetrazole rings is 1. The largest absolute Gasteiger partial charge is 0.383 e. The summed E-state index contributed by atoms with van der Waals surface area (Å²) in [6, 6.07) is 17.7. The highest BCUT2D eigenvalue weighted by Gasteiger charge is 2.36. The molecule has 11 nitrogen and oxygen atoms in total. The SMILES string of the molecule is NCC1CCC(C(=O)N(c2ccc(-c3nn[nH]n3)cc2)[C@@H](Cc2ccc(-c3cccnc3N)cc2)C(N)=O)CC1. The lowest BCUT2D eigenvalue weighted by Crippen LogP contribution is -2.52. The van der Waals surface area contributed by atoms with Gasteiger partial charge >= 0.3 is 0 Å². The average molecular weight is 540 g/mol. The van der Waals surface area contributed by atoms with E-state index >= 15 is 0 Å². The molecule has 2 heterocycles. The van der Waals surface area contributed by atoms with Gasteiger partial charge in [0.1, 0.15) is 11.9 Å². The summed E-state index contributed by atoms with van der Waals surface area (Å²) in [5.74, 6) is 0.405. The highest BCUT2D eigenvalue weighted by Crippen LogP contribution is 2.33. The minimum Gasteiger partial charge on any atom is -0.383 e. The van der Waals surface area contributed by atoms with Gasteiger partial charge in [-0.2, -0.15) is 5.21 Å². The van der Waals surface area contributed by atoms with Crippen molar-refractivity contribution >= 4 is 23.3 Å². The molecule has 206 valence electrons. The number of hydrogen-bond acceptors (Lipinski definition) is 8. The number of nitrogens with one attached hydrogen (secondary N) is 1. The third-order valence-electron chi connectivity index (χ3n) is 7.69. The second kappa shape index (κ2) is 12.0. The Morgan fingerprint density at radius 3 is 2.27 bits per heavy atom. The highest BCUT2D eigenvalue weighted by atomic mass is 16.2. The second-order valence-electron chi connectivity index (χ2n) is 10.2. The lowest BCUT2D eigenvalue weighted by atomic mass is 9.81. The molecule has 1 atom stereocenters. The van der Waals surface area contributed by atoms with Crippen molar-refractivity contribution in [3.05, 3.63) is 72.4 Å². The van der Waals surface area contributed by atoms with Gasteiger partial charge in [-0.25, -0.2) is 4.98 Å². The van der Waals surface area contributed by atoms with Crippen LogP contribution in [0, 0.1) is 11.8 Å². The minimum absolute atomic E-state index is 0.105. The standard InChI is InChI=1S/C29H33N9O2/c30-17-19-5-9-22(10-6-19)29(40)38(23-13-11-21(12-14-23)28-34-36-37-35-28)25(27(32)39)16-18-3-7-20(8-4-18)24-2-1-15-33-26(24)31/h1-4,7-8,11-15,19,22,25H,5-6,9-10,16-17,30H2,(H2,31,33)(H2,32,39)(H,34,35,36,37)/t19?,22?,25-/m0/s1. The van der Waals surface area contributed by atoms with E-state index in [1.807, 2.05) is 36.4 Å². The first-order valence-electron chi connectivity index (χ1n) is 13.4. The molecule has 1 saturated carbocycles. The molecule has 0 spiro atoms. The third kappa shape index (κ3) is 5.84. The Labute approximate surface area is 232 Å². The zero-order valence-corrected chi connectivity index (χ0v) is 22.1. The van der Waals surface area contributed by atoms with Crippen molar-refractivity contribution in [2.45, 2.75) is 38.1 Å². The molecule has 0 radical (unpaired) electrons. The smallest absolute Gasteiger partial charge is 0.240 e. The van der Waals surface area contributed by atoms with Crippen LogP contribution >= 0.6 is 0 Å². The number of hydrogen-bond donors (Lipinski definition) is 4. The molecule has 2 aromatic heterocycles. The fraction of sp³-hybridized carbons (Fsp3) is 0.310. The normalized spacial score (nSPS) is 17.7. The number of nitrogens with two attached hydrogens (primary N) is 3. The third-order valence-corrected chi connectivity index (χ3v) is 7.69. The van der Waals surface area contributed by atoms with Gasteiger partial charge in [-0.15, -0.1) is 10.2 Å². The van der Waals surface area contributed by atoms with E-state index in [-0.39, 0.29) is 18.2 Å². The number of pyridine rings is 1. The predicted molar refractivity (Wildman–Crippen MR) is 152 cm³/mol. The molecule has 2 aromatic carbocycles. The molecule has 2 amide bonds. The van der Waals surface area contributed by atoms with E-state index in [2.05, 4.69) is 25.6 Å². The molecule has 1 aliphatic carbocycles. The van der Waals surface area contributed by atoms with Gasteiger partial charge in [0.05, 0.1) is 0 Å². The number of amides is 2. The minimum atomic E-state index is -0.884. The van der Waals surface area contributed by atoms with E-state index in [4.69, 9.17) is 17.2 Å². The Morgan fingerprint density at radius 2 is 1.68 bits per heavy atom. The Bertz CT molecular complexity index is 1430. The number of primary amides is 1. The van der Waals surface area contributed by atoms with Gasteiger partial charge in [-0.3, -0.25) is 14.5 Å². The zero-order chi connectivity index (χ0) is 28.1. The lowest BCUT2D eigenvalue weighted by molar-refractivity contribution is -0.127. The monoisotopic (exact) mass is 539 g/mol. The van der Waals surface area contributed by atoms with Crippen LogP contribution < -0.4 is 22.1 Å². The maximum atomic E-state index is 14.0. The maximum Gasteiger partial charge on any atom is 0.240 e. The first-order chi connectivity index (χ1) is 19.4. The van der Waals surface area contributed by atoms with Crippen molar-refractivity contribution in [1.82, 2.24) is 25.6 Å². The Balaban J connectivity index is 1.44. The number of nitrogen functional groups attached to an aromatic ring is 1. The summed E-state index contributed by atoms with van der Waals surface area (Å²) in [6.07, 6.45) is 5.13. The molecule has 1 aliphatic rings. The van der Waals surface area contributed by atoms with Gasteiger partial charge in [0.2, 0.25) is 17.6 Å². The van der Waals surface area contributed by atoms with Crippen molar-refractivity contribution in [2.75, 3.05) is 17.2 Å². The van der Waals surface area contributed by atoms with E-state index in [0.717, 1.165) is 47.9 Å². The highest BCUT2D eigenvalue weighted by molar-refractivity contribution is 6.01. The molecule has 5 rings (SSSR count). The zero-order valence-electron chi connectivity index (χ0n) is 22.1. The summed E-state index contributed by atoms with van der Waals surface area (Å²) in [6.45, 7) is 0.618. The van der Waals surface area contributed by atoms with Crippen molar-refractivity contribution < 1.29 is 9.59 Å². The topological polar surface area (TPSA) is 183 Å². The van der Waals surface area contributed by atoms with E-state index in [1.54, 1.807) is 35.4 Å². The lowest BCUT2D eigenvalue weighted by Gasteiger charge is -2.35. The van der Waals surface area contributed by atoms with Gasteiger partial charge in [0.15, 0.2) is 0 Å². The summed E-state index contributed by atoms with van der Waals surface area (Å²) in [7, 11) is 0. The quantitative estimate of drug-likeness (QED) is 0.250. The molecule has 4 aromatic rings. The van der Waals surface area contributed by atoms with Crippen molar-refractivity contribution in [2.24, 2.45) is 23.3 Å². The maximum absolute atomic E-state index is 14.0. The fourth-order valence-electron chi connectivity index (χ4n) is 5.38. The van der Waals surface area contributed by atoms with Crippen LogP contribution in [0.2, 0.25) is 0 Å². The molecule has 0 unspecified atom stereocenters. The number of carbonyl (C=O) groups is 2. The first kappa shape index (κ1) is 26.9. The second-order valence-corrected chi connectivity index (χ2v) is 10.2. The molecule has 40 heavy (non-hydrogen) atoms. The van der Waals surface area contributed by atoms with Gasteiger partial charge < -0.3 is 17.2 Å². The molecule has 0 aliphatic heterocycles. The van der Waals surface area contributed by atoms with Crippen LogP contribution in [0.3, 0.4) is 0 Å². The fourth-order valence-corrected chi connectivity index (χ4v) is 5.38. The van der Waals surface area contributed by atoms with E-state index in [0.29, 0.717) is 29.8 Å². The molecule has 7 N–H and O–H groups in total. The number of aromatic nitrogens is 5. The Kier molecular flexibility index (Phi) is 8.11. The molecule has 11 heteroatoms. The number of aromatic amines is 1. The van der Waals surface area contributed by atoms with Crippen LogP contribution in [0.15, 0.2) is 66.9 Å². The van der Waals surface area contributed by atoms with Crippen molar-refractivity contribution in [3.63, 3.8) is 0 Å². The number of H-pyrrole nitrogens is 1. The number of carbonyl (C=O) groups excluding carboxylic acids is 2. The van der Waals surface area contributed by atoms with Crippen LogP contribution in [-0.2, 0) is 16.0 Å². The van der Waals surface area contributed by atoms with E-state index in [1.165, 1.54) is 0 Å². The van der Waals surface area contributed by atoms with Gasteiger partial charge in [-0.1, -0.05) is 24.3 Å². The summed E-state index contributed by atoms with van der Waals surface area (Å²) in [5, 5.41) is 14.1. The van der Waals surface area contributed by atoms with Crippen molar-refractivity contribution in [3.8, 4) is 22.5 Å². The van der Waals surface area contributed by atoms with Gasteiger partial charge in [0.25, 0.3) is 0 Å². The van der Waals surface area contributed by atoms with Gasteiger partial charge in [-0.05, 0) is 90.9 Å². The molecular formula is C29H33N9O2. The van der Waals surface area contributed by atoms with Gasteiger partial charge in [0, 0.05) is 35.3 Å². The molecular weight excluding hydrogens is 506 g/mol.